The first-order chi connectivity index (χ1) is 21.2. The molecule has 0 saturated carbocycles. The average Bonchev–Trinajstić information content (AvgIpc) is 3.50. The van der Waals surface area contributed by atoms with Gasteiger partial charge in [0.1, 0.15) is 30.2 Å². The summed E-state index contributed by atoms with van der Waals surface area (Å²) in [6.07, 6.45) is 1.33. The van der Waals surface area contributed by atoms with Gasteiger partial charge in [0.25, 0.3) is 0 Å². The molecule has 2 rings (SSSR count). The normalized spacial score (nSPS) is 18.6. The molecule has 0 radical (unpaired) electrons. The summed E-state index contributed by atoms with van der Waals surface area (Å²) in [6, 6.07) is 2.42. The van der Waals surface area contributed by atoms with Gasteiger partial charge in [-0.05, 0) is 37.2 Å². The Morgan fingerprint density at radius 2 is 1.51 bits per heavy atom. The molecule has 14 heteroatoms. The van der Waals surface area contributed by atoms with Crippen molar-refractivity contribution in [3.8, 4) is 0 Å². The number of likely N-dealkylation sites (tertiary alicyclic amines) is 1. The van der Waals surface area contributed by atoms with E-state index >= 15 is 0 Å². The van der Waals surface area contributed by atoms with Gasteiger partial charge >= 0.3 is 5.97 Å². The van der Waals surface area contributed by atoms with Crippen molar-refractivity contribution in [2.45, 2.75) is 96.6 Å². The van der Waals surface area contributed by atoms with Crippen molar-refractivity contribution in [2.24, 2.45) is 17.6 Å². The number of aliphatic hydroxyl groups is 1. The molecule has 14 nitrogen and oxygen atoms in total. The van der Waals surface area contributed by atoms with E-state index < -0.39 is 84.3 Å². The monoisotopic (exact) mass is 632 g/mol. The Morgan fingerprint density at radius 3 is 2.04 bits per heavy atom. The molecule has 45 heavy (non-hydrogen) atoms. The van der Waals surface area contributed by atoms with Crippen LogP contribution in [0.1, 0.15) is 59.4 Å². The van der Waals surface area contributed by atoms with E-state index in [1.54, 1.807) is 52.0 Å². The molecule has 0 aliphatic carbocycles. The lowest BCUT2D eigenvalue weighted by Gasteiger charge is -2.31. The van der Waals surface area contributed by atoms with E-state index in [0.29, 0.717) is 12.8 Å². The van der Waals surface area contributed by atoms with Crippen molar-refractivity contribution in [3.05, 3.63) is 35.9 Å². The Labute approximate surface area is 263 Å². The molecular formula is C31H48N6O8. The van der Waals surface area contributed by atoms with E-state index in [0.717, 1.165) is 5.56 Å². The zero-order chi connectivity index (χ0) is 33.8. The van der Waals surface area contributed by atoms with Crippen LogP contribution in [0.25, 0.3) is 0 Å². The number of benzene rings is 1. The van der Waals surface area contributed by atoms with Crippen LogP contribution < -0.4 is 27.0 Å². The lowest BCUT2D eigenvalue weighted by Crippen LogP contribution is -2.60. The van der Waals surface area contributed by atoms with Gasteiger partial charge in [-0.25, -0.2) is 4.79 Å². The molecule has 0 spiro atoms. The Morgan fingerprint density at radius 1 is 0.889 bits per heavy atom. The molecule has 1 heterocycles. The molecular weight excluding hydrogens is 584 g/mol. The second kappa shape index (κ2) is 17.4. The fourth-order valence-corrected chi connectivity index (χ4v) is 5.03. The van der Waals surface area contributed by atoms with Crippen LogP contribution >= 0.6 is 0 Å². The van der Waals surface area contributed by atoms with Gasteiger partial charge in [-0.15, -0.1) is 0 Å². The first kappa shape index (κ1) is 37.1. The smallest absolute Gasteiger partial charge is 0.326 e. The maximum absolute atomic E-state index is 14.0. The Balaban J connectivity index is 2.26. The molecule has 1 fully saturated rings. The number of aliphatic hydroxyl groups excluding tert-OH is 1. The lowest BCUT2D eigenvalue weighted by atomic mass is 9.99. The number of hydrogen-bond donors (Lipinski definition) is 7. The molecule has 1 aliphatic heterocycles. The zero-order valence-electron chi connectivity index (χ0n) is 26.6. The van der Waals surface area contributed by atoms with Crippen LogP contribution in [0.2, 0.25) is 0 Å². The minimum absolute atomic E-state index is 0.107. The highest BCUT2D eigenvalue weighted by Gasteiger charge is 2.40. The predicted molar refractivity (Wildman–Crippen MR) is 165 cm³/mol. The van der Waals surface area contributed by atoms with Gasteiger partial charge in [-0.3, -0.25) is 24.0 Å². The van der Waals surface area contributed by atoms with Crippen molar-refractivity contribution in [1.82, 2.24) is 26.2 Å². The van der Waals surface area contributed by atoms with Crippen LogP contribution in [0, 0.1) is 11.8 Å². The summed E-state index contributed by atoms with van der Waals surface area (Å²) in [5.41, 5.74) is 6.43. The molecule has 1 saturated heterocycles. The quantitative estimate of drug-likeness (QED) is 0.122. The molecule has 1 aromatic rings. The van der Waals surface area contributed by atoms with E-state index in [1.807, 2.05) is 6.07 Å². The number of hydrogen-bond acceptors (Lipinski definition) is 8. The number of carbonyl (C=O) groups is 6. The fourth-order valence-electron chi connectivity index (χ4n) is 5.03. The third-order valence-electron chi connectivity index (χ3n) is 7.99. The average molecular weight is 633 g/mol. The SMILES string of the molecule is CC[C@H](C)[C@H](NC(=O)[C@H](CO)NC(=O)[C@@H]1CCCN1C(=O)[C@H](Cc1ccccc1)NC(=O)[C@@H](NC(=O)[C@H](C)N)C(C)C)C(=O)O. The molecule has 7 atom stereocenters. The highest BCUT2D eigenvalue weighted by molar-refractivity contribution is 5.96. The molecule has 0 bridgehead atoms. The van der Waals surface area contributed by atoms with Gasteiger partial charge < -0.3 is 42.1 Å². The van der Waals surface area contributed by atoms with E-state index in [1.165, 1.54) is 11.8 Å². The number of carboxylic acids is 1. The third-order valence-corrected chi connectivity index (χ3v) is 7.99. The van der Waals surface area contributed by atoms with Crippen molar-refractivity contribution in [3.63, 3.8) is 0 Å². The first-order valence-electron chi connectivity index (χ1n) is 15.4. The third kappa shape index (κ3) is 10.5. The molecule has 8 N–H and O–H groups in total. The van der Waals surface area contributed by atoms with Crippen LogP contribution in [0.5, 0.6) is 0 Å². The van der Waals surface area contributed by atoms with Gasteiger partial charge in [0.05, 0.1) is 12.6 Å². The Bertz CT molecular complexity index is 1190. The second-order valence-electron chi connectivity index (χ2n) is 11.9. The predicted octanol–water partition coefficient (Wildman–Crippen LogP) is -0.714. The Hall–Kier alpha value is -4.04. The molecule has 1 aromatic carbocycles. The zero-order valence-corrected chi connectivity index (χ0v) is 26.6. The summed E-state index contributed by atoms with van der Waals surface area (Å²) in [4.78, 5) is 78.9. The molecule has 250 valence electrons. The number of aliphatic carboxylic acids is 1. The van der Waals surface area contributed by atoms with Crippen LogP contribution in [-0.4, -0.2) is 100 Å². The van der Waals surface area contributed by atoms with Crippen LogP contribution in [0.3, 0.4) is 0 Å². The van der Waals surface area contributed by atoms with E-state index in [4.69, 9.17) is 5.73 Å². The molecule has 1 aliphatic rings. The summed E-state index contributed by atoms with van der Waals surface area (Å²) in [5, 5.41) is 29.6. The van der Waals surface area contributed by atoms with Crippen molar-refractivity contribution in [2.75, 3.05) is 13.2 Å². The van der Waals surface area contributed by atoms with Gasteiger partial charge in [-0.2, -0.15) is 0 Å². The number of carbonyl (C=O) groups excluding carboxylic acids is 5. The van der Waals surface area contributed by atoms with Gasteiger partial charge in [0.15, 0.2) is 0 Å². The molecule has 0 unspecified atom stereocenters. The molecule has 5 amide bonds. The maximum Gasteiger partial charge on any atom is 0.326 e. The summed E-state index contributed by atoms with van der Waals surface area (Å²) in [5.74, 6) is -5.16. The van der Waals surface area contributed by atoms with E-state index in [2.05, 4.69) is 21.3 Å². The summed E-state index contributed by atoms with van der Waals surface area (Å²) >= 11 is 0. The lowest BCUT2D eigenvalue weighted by molar-refractivity contribution is -0.145. The van der Waals surface area contributed by atoms with Crippen molar-refractivity contribution in [1.29, 1.82) is 0 Å². The van der Waals surface area contributed by atoms with Crippen LogP contribution in [-0.2, 0) is 35.2 Å². The van der Waals surface area contributed by atoms with Gasteiger partial charge in [0.2, 0.25) is 29.5 Å². The van der Waals surface area contributed by atoms with Crippen molar-refractivity contribution < 1.29 is 39.0 Å². The summed E-state index contributed by atoms with van der Waals surface area (Å²) < 4.78 is 0. The van der Waals surface area contributed by atoms with E-state index in [-0.39, 0.29) is 25.3 Å². The highest BCUT2D eigenvalue weighted by atomic mass is 16.4. The number of nitrogens with zero attached hydrogens (tertiary/aromatic N) is 1. The highest BCUT2D eigenvalue weighted by Crippen LogP contribution is 2.20. The molecule has 0 aromatic heterocycles. The number of rotatable bonds is 16. The fraction of sp³-hybridized carbons (Fsp3) is 0.613. The number of nitrogens with two attached hydrogens (primary N) is 1. The van der Waals surface area contributed by atoms with Gasteiger partial charge in [-0.1, -0.05) is 64.4 Å². The number of nitrogens with one attached hydrogen (secondary N) is 4. The van der Waals surface area contributed by atoms with Gasteiger partial charge in [0, 0.05) is 13.0 Å². The first-order valence-corrected chi connectivity index (χ1v) is 15.4. The van der Waals surface area contributed by atoms with Crippen LogP contribution in [0.15, 0.2) is 30.3 Å². The summed E-state index contributed by atoms with van der Waals surface area (Å²) in [7, 11) is 0. The second-order valence-corrected chi connectivity index (χ2v) is 11.9. The van der Waals surface area contributed by atoms with Crippen LogP contribution in [0.4, 0.5) is 0 Å². The summed E-state index contributed by atoms with van der Waals surface area (Å²) in [6.45, 7) is 7.84. The minimum atomic E-state index is -1.44. The standard InChI is InChI=1S/C31H48N6O8/c1-6-18(4)25(31(44)45)36-27(40)22(16-38)34-28(41)23-13-10-14-37(23)30(43)21(15-20-11-8-7-9-12-20)33-29(42)24(17(2)3)35-26(39)19(5)32/h7-9,11-12,17-19,21-25,38H,6,10,13-16,32H2,1-5H3,(H,33,42)(H,34,41)(H,35,39)(H,36,40)(H,44,45)/t18-,19-,21-,22-,23-,24-,25-/m0/s1. The minimum Gasteiger partial charge on any atom is -0.480 e. The van der Waals surface area contributed by atoms with Crippen molar-refractivity contribution >= 4 is 35.5 Å². The largest absolute Gasteiger partial charge is 0.480 e. The Kier molecular flexibility index (Phi) is 14.4. The maximum atomic E-state index is 14.0. The topological polar surface area (TPSA) is 220 Å². The number of carboxylic acid groups (broad SMARTS) is 1. The number of amides is 5. The van der Waals surface area contributed by atoms with E-state index in [9.17, 15) is 39.0 Å².